The third kappa shape index (κ3) is 2.97. The molecular weight excluding hydrogens is 362 g/mol. The van der Waals surface area contributed by atoms with Gasteiger partial charge in [0.1, 0.15) is 0 Å². The van der Waals surface area contributed by atoms with E-state index in [-0.39, 0.29) is 18.3 Å². The molecule has 0 aromatic heterocycles. The fourth-order valence-corrected chi connectivity index (χ4v) is 3.19. The van der Waals surface area contributed by atoms with Crippen LogP contribution in [0.5, 0.6) is 0 Å². The molecule has 0 radical (unpaired) electrons. The highest BCUT2D eigenvalue weighted by molar-refractivity contribution is 14.1. The lowest BCUT2D eigenvalue weighted by Gasteiger charge is -2.32. The van der Waals surface area contributed by atoms with Crippen LogP contribution in [0, 0.1) is 0 Å². The maximum atomic E-state index is 6.14. The highest BCUT2D eigenvalue weighted by atomic mass is 127. The van der Waals surface area contributed by atoms with Gasteiger partial charge in [-0.3, -0.25) is 0 Å². The van der Waals surface area contributed by atoms with E-state index in [4.69, 9.17) is 9.31 Å². The van der Waals surface area contributed by atoms with Gasteiger partial charge in [0, 0.05) is 3.48 Å². The van der Waals surface area contributed by atoms with E-state index in [9.17, 15) is 0 Å². The average molecular weight is 384 g/mol. The molecule has 0 amide bonds. The van der Waals surface area contributed by atoms with Crippen molar-refractivity contribution in [1.29, 1.82) is 0 Å². The molecule has 0 saturated carbocycles. The maximum absolute atomic E-state index is 6.14. The Morgan fingerprint density at radius 3 is 2.00 bits per heavy atom. The van der Waals surface area contributed by atoms with E-state index in [0.717, 1.165) is 9.90 Å². The molecule has 0 aliphatic carbocycles. The van der Waals surface area contributed by atoms with Gasteiger partial charge in [-0.15, -0.1) is 0 Å². The van der Waals surface area contributed by atoms with Crippen LogP contribution in [-0.2, 0) is 9.31 Å². The lowest BCUT2D eigenvalue weighted by atomic mass is 9.84. The number of hydrogen-bond acceptors (Lipinski definition) is 2. The number of rotatable bonds is 3. The zero-order valence-corrected chi connectivity index (χ0v) is 15.0. The molecular formula is C16H22BIO2. The van der Waals surface area contributed by atoms with Crippen molar-refractivity contribution >= 4 is 35.3 Å². The first-order valence-electron chi connectivity index (χ1n) is 7.08. The zero-order chi connectivity index (χ0) is 15.0. The van der Waals surface area contributed by atoms with E-state index in [2.05, 4.69) is 81.5 Å². The van der Waals surface area contributed by atoms with E-state index in [1.165, 1.54) is 11.1 Å². The monoisotopic (exact) mass is 384 g/mol. The molecule has 0 N–H and O–H groups in total. The molecule has 1 fully saturated rings. The molecule has 0 unspecified atom stereocenters. The number of allylic oxidation sites excluding steroid dienone is 1. The van der Waals surface area contributed by atoms with Gasteiger partial charge in [-0.2, -0.15) is 0 Å². The summed E-state index contributed by atoms with van der Waals surface area (Å²) in [6, 6.07) is 10.5. The van der Waals surface area contributed by atoms with E-state index < -0.39 is 0 Å². The Kier molecular flexibility index (Phi) is 4.67. The zero-order valence-electron chi connectivity index (χ0n) is 12.9. The Morgan fingerprint density at radius 1 is 1.05 bits per heavy atom. The molecule has 2 rings (SSSR count). The highest BCUT2D eigenvalue weighted by Gasteiger charge is 2.52. The fourth-order valence-electron chi connectivity index (χ4n) is 2.24. The summed E-state index contributed by atoms with van der Waals surface area (Å²) in [5.41, 5.74) is 1.96. The summed E-state index contributed by atoms with van der Waals surface area (Å²) in [5.74, 6) is 0. The van der Waals surface area contributed by atoms with Crippen LogP contribution in [0.4, 0.5) is 0 Å². The second-order valence-corrected chi connectivity index (χ2v) is 7.30. The van der Waals surface area contributed by atoms with Gasteiger partial charge in [0.15, 0.2) is 0 Å². The third-order valence-electron chi connectivity index (χ3n) is 4.22. The first-order chi connectivity index (χ1) is 9.28. The first kappa shape index (κ1) is 16.1. The van der Waals surface area contributed by atoms with E-state index >= 15 is 0 Å². The van der Waals surface area contributed by atoms with Crippen LogP contribution >= 0.6 is 22.6 Å². The first-order valence-corrected chi connectivity index (χ1v) is 8.16. The smallest absolute Gasteiger partial charge is 0.399 e. The molecule has 0 spiro atoms. The van der Waals surface area contributed by atoms with Gasteiger partial charge < -0.3 is 9.31 Å². The molecule has 1 aliphatic heterocycles. The number of hydrogen-bond donors (Lipinski definition) is 0. The van der Waals surface area contributed by atoms with Crippen molar-refractivity contribution in [1.82, 2.24) is 0 Å². The SMILES string of the molecule is CC/C(=C(/I)B1OC(C)(C)C(C)(C)O1)c1ccccc1. The minimum Gasteiger partial charge on any atom is -0.399 e. The molecule has 1 aliphatic rings. The van der Waals surface area contributed by atoms with Gasteiger partial charge in [-0.1, -0.05) is 59.8 Å². The van der Waals surface area contributed by atoms with E-state index in [0.29, 0.717) is 0 Å². The molecule has 0 atom stereocenters. The molecule has 20 heavy (non-hydrogen) atoms. The second-order valence-electron chi connectivity index (χ2n) is 6.13. The van der Waals surface area contributed by atoms with Crippen molar-refractivity contribution in [2.75, 3.05) is 0 Å². The van der Waals surface area contributed by atoms with Gasteiger partial charge in [0.05, 0.1) is 11.2 Å². The third-order valence-corrected chi connectivity index (χ3v) is 5.38. The van der Waals surface area contributed by atoms with Crippen LogP contribution in [0.1, 0.15) is 46.6 Å². The standard InChI is InChI=1S/C16H22BIO2/c1-6-13(12-10-8-7-9-11-12)14(18)17-19-15(2,3)16(4,5)20-17/h7-11H,6H2,1-5H3/b14-13-. The van der Waals surface area contributed by atoms with Gasteiger partial charge in [0.25, 0.3) is 0 Å². The lowest BCUT2D eigenvalue weighted by molar-refractivity contribution is 0.00578. The van der Waals surface area contributed by atoms with Crippen LogP contribution in [0.2, 0.25) is 0 Å². The number of benzene rings is 1. The Bertz CT molecular complexity index is 492. The van der Waals surface area contributed by atoms with Crippen LogP contribution in [0.15, 0.2) is 33.8 Å². The Hall–Kier alpha value is -0.325. The summed E-state index contributed by atoms with van der Waals surface area (Å²) in [7, 11) is -0.268. The molecule has 2 nitrogen and oxygen atoms in total. The topological polar surface area (TPSA) is 18.5 Å². The second kappa shape index (κ2) is 5.81. The summed E-state index contributed by atoms with van der Waals surface area (Å²) >= 11 is 2.37. The van der Waals surface area contributed by atoms with Crippen molar-refractivity contribution < 1.29 is 9.31 Å². The largest absolute Gasteiger partial charge is 0.501 e. The van der Waals surface area contributed by atoms with E-state index in [1.807, 2.05) is 6.07 Å². The molecule has 1 aromatic carbocycles. The Labute approximate surface area is 136 Å². The van der Waals surface area contributed by atoms with Crippen molar-refractivity contribution in [3.05, 3.63) is 39.4 Å². The minimum absolute atomic E-state index is 0.268. The molecule has 1 aromatic rings. The molecule has 0 bridgehead atoms. The summed E-state index contributed by atoms with van der Waals surface area (Å²) < 4.78 is 13.4. The van der Waals surface area contributed by atoms with Gasteiger partial charge >= 0.3 is 7.12 Å². The normalized spacial score (nSPS) is 21.8. The quantitative estimate of drug-likeness (QED) is 0.547. The summed E-state index contributed by atoms with van der Waals surface area (Å²) in [4.78, 5) is 0. The summed E-state index contributed by atoms with van der Waals surface area (Å²) in [6.45, 7) is 10.5. The van der Waals surface area contributed by atoms with Crippen LogP contribution in [0.25, 0.3) is 5.57 Å². The lowest BCUT2D eigenvalue weighted by Crippen LogP contribution is -2.41. The van der Waals surface area contributed by atoms with Crippen molar-refractivity contribution in [3.63, 3.8) is 0 Å². The van der Waals surface area contributed by atoms with Crippen LogP contribution in [-0.4, -0.2) is 18.3 Å². The Morgan fingerprint density at radius 2 is 1.55 bits per heavy atom. The van der Waals surface area contributed by atoms with Crippen LogP contribution < -0.4 is 0 Å². The van der Waals surface area contributed by atoms with Crippen LogP contribution in [0.3, 0.4) is 0 Å². The van der Waals surface area contributed by atoms with Crippen molar-refractivity contribution in [3.8, 4) is 0 Å². The van der Waals surface area contributed by atoms with Gasteiger partial charge in [-0.05, 0) is 45.3 Å². The van der Waals surface area contributed by atoms with Gasteiger partial charge in [0.2, 0.25) is 0 Å². The molecule has 108 valence electrons. The maximum Gasteiger partial charge on any atom is 0.501 e. The molecule has 1 heterocycles. The predicted molar refractivity (Wildman–Crippen MR) is 93.8 cm³/mol. The van der Waals surface area contributed by atoms with E-state index in [1.54, 1.807) is 0 Å². The summed E-state index contributed by atoms with van der Waals surface area (Å²) in [5, 5.41) is 0. The molecule has 1 saturated heterocycles. The highest BCUT2D eigenvalue weighted by Crippen LogP contribution is 2.41. The van der Waals surface area contributed by atoms with Gasteiger partial charge in [-0.25, -0.2) is 0 Å². The average Bonchev–Trinajstić information content (AvgIpc) is 2.60. The predicted octanol–water partition coefficient (Wildman–Crippen LogP) is 4.87. The number of halogens is 1. The van der Waals surface area contributed by atoms with Crippen molar-refractivity contribution in [2.45, 2.75) is 52.2 Å². The Balaban J connectivity index is 2.35. The fraction of sp³-hybridized carbons (Fsp3) is 0.500. The van der Waals surface area contributed by atoms with Crippen molar-refractivity contribution in [2.24, 2.45) is 0 Å². The molecule has 4 heteroatoms. The summed E-state index contributed by atoms with van der Waals surface area (Å²) in [6.07, 6.45) is 0.965. The minimum atomic E-state index is -0.288.